The van der Waals surface area contributed by atoms with Gasteiger partial charge in [-0.2, -0.15) is 0 Å². The molecule has 1 amide bonds. The number of ether oxygens (including phenoxy) is 2. The molecule has 6 nitrogen and oxygen atoms in total. The van der Waals surface area contributed by atoms with Gasteiger partial charge in [0.15, 0.2) is 0 Å². The normalized spacial score (nSPS) is 21.6. The lowest BCUT2D eigenvalue weighted by atomic mass is 10.4. The average Bonchev–Trinajstić information content (AvgIpc) is 2.31. The molecule has 84 valence electrons. The quantitative estimate of drug-likeness (QED) is 0.611. The van der Waals surface area contributed by atoms with E-state index < -0.39 is 0 Å². The molecule has 15 heavy (non-hydrogen) atoms. The highest BCUT2D eigenvalue weighted by molar-refractivity contribution is 5.69. The maximum absolute atomic E-state index is 11.6. The van der Waals surface area contributed by atoms with Crippen LogP contribution in [0.15, 0.2) is 12.0 Å². The van der Waals surface area contributed by atoms with Gasteiger partial charge in [-0.1, -0.05) is 0 Å². The molecule has 0 aliphatic carbocycles. The highest BCUT2D eigenvalue weighted by atomic mass is 16.6. The molecule has 2 aliphatic rings. The molecule has 2 heterocycles. The average molecular weight is 213 g/mol. The largest absolute Gasteiger partial charge is 0.415 e. The molecule has 0 bridgehead atoms. The van der Waals surface area contributed by atoms with Crippen LogP contribution in [0.2, 0.25) is 0 Å². The van der Waals surface area contributed by atoms with Gasteiger partial charge in [-0.15, -0.1) is 0 Å². The van der Waals surface area contributed by atoms with Gasteiger partial charge >= 0.3 is 6.09 Å². The summed E-state index contributed by atoms with van der Waals surface area (Å²) in [5.41, 5.74) is 0. The topological polar surface area (TPSA) is 62.8 Å². The molecule has 1 saturated heterocycles. The van der Waals surface area contributed by atoms with Crippen LogP contribution in [0.4, 0.5) is 4.79 Å². The first kappa shape index (κ1) is 10.3. The van der Waals surface area contributed by atoms with Gasteiger partial charge < -0.3 is 19.7 Å². The van der Waals surface area contributed by atoms with E-state index in [1.54, 1.807) is 11.1 Å². The number of carbonyl (C=O) groups excluding carboxylic acids is 1. The second-order valence-electron chi connectivity index (χ2n) is 3.39. The Hall–Kier alpha value is -1.27. The van der Waals surface area contributed by atoms with E-state index in [4.69, 9.17) is 9.47 Å². The third-order valence-electron chi connectivity index (χ3n) is 2.28. The smallest absolute Gasteiger partial charge is 0.412 e. The number of hydrogen-bond donors (Lipinski definition) is 2. The molecule has 0 atom stereocenters. The van der Waals surface area contributed by atoms with Crippen molar-refractivity contribution in [2.24, 2.45) is 0 Å². The van der Waals surface area contributed by atoms with Gasteiger partial charge in [0.25, 0.3) is 0 Å². The van der Waals surface area contributed by atoms with Crippen LogP contribution >= 0.6 is 0 Å². The van der Waals surface area contributed by atoms with Crippen molar-refractivity contribution in [3.8, 4) is 0 Å². The van der Waals surface area contributed by atoms with Gasteiger partial charge in [-0.05, 0) is 0 Å². The Bertz CT molecular complexity index is 261. The summed E-state index contributed by atoms with van der Waals surface area (Å²) >= 11 is 0. The van der Waals surface area contributed by atoms with Crippen molar-refractivity contribution in [3.63, 3.8) is 0 Å². The van der Waals surface area contributed by atoms with Gasteiger partial charge in [0.2, 0.25) is 0 Å². The van der Waals surface area contributed by atoms with E-state index in [0.29, 0.717) is 45.3 Å². The fraction of sp³-hybridized carbons (Fsp3) is 0.667. The van der Waals surface area contributed by atoms with Crippen LogP contribution in [-0.2, 0) is 9.47 Å². The lowest BCUT2D eigenvalue weighted by Gasteiger charge is -2.27. The highest BCUT2D eigenvalue weighted by Gasteiger charge is 2.19. The minimum atomic E-state index is -0.296. The zero-order valence-electron chi connectivity index (χ0n) is 8.49. The zero-order valence-corrected chi connectivity index (χ0v) is 8.49. The predicted octanol–water partition coefficient (Wildman–Crippen LogP) is -0.553. The van der Waals surface area contributed by atoms with Crippen LogP contribution in [0, 0.1) is 0 Å². The number of carbonyl (C=O) groups is 1. The molecule has 2 rings (SSSR count). The first-order chi connectivity index (χ1) is 7.36. The molecular formula is C9H15N3O3. The molecule has 0 aromatic heterocycles. The molecule has 0 aromatic carbocycles. The van der Waals surface area contributed by atoms with E-state index in [0.717, 1.165) is 0 Å². The van der Waals surface area contributed by atoms with Crippen LogP contribution in [0.5, 0.6) is 0 Å². The van der Waals surface area contributed by atoms with Crippen molar-refractivity contribution in [1.82, 2.24) is 15.5 Å². The summed E-state index contributed by atoms with van der Waals surface area (Å²) in [4.78, 5) is 13.3. The van der Waals surface area contributed by atoms with Crippen LogP contribution in [-0.4, -0.2) is 50.5 Å². The lowest BCUT2D eigenvalue weighted by Crippen LogP contribution is -2.42. The van der Waals surface area contributed by atoms with Crippen molar-refractivity contribution in [2.45, 2.75) is 0 Å². The number of nitrogens with one attached hydrogen (secondary N) is 2. The number of nitrogens with zero attached hydrogens (tertiary/aromatic N) is 1. The summed E-state index contributed by atoms with van der Waals surface area (Å²) in [7, 11) is 0. The Balaban J connectivity index is 1.82. The summed E-state index contributed by atoms with van der Waals surface area (Å²) in [6.45, 7) is 3.68. The first-order valence-electron chi connectivity index (χ1n) is 5.04. The second kappa shape index (κ2) is 4.99. The summed E-state index contributed by atoms with van der Waals surface area (Å²) in [5, 5.41) is 5.99. The molecule has 0 unspecified atom stereocenters. The first-order valence-corrected chi connectivity index (χ1v) is 5.04. The Labute approximate surface area is 88.2 Å². The second-order valence-corrected chi connectivity index (χ2v) is 3.39. The Kier molecular flexibility index (Phi) is 3.41. The van der Waals surface area contributed by atoms with Gasteiger partial charge in [0, 0.05) is 19.3 Å². The summed E-state index contributed by atoms with van der Waals surface area (Å²) in [5.74, 6) is 0.623. The van der Waals surface area contributed by atoms with Crippen molar-refractivity contribution in [1.29, 1.82) is 0 Å². The van der Waals surface area contributed by atoms with E-state index >= 15 is 0 Å². The monoisotopic (exact) mass is 213 g/mol. The summed E-state index contributed by atoms with van der Waals surface area (Å²) < 4.78 is 10.3. The molecule has 0 saturated carbocycles. The maximum atomic E-state index is 11.6. The van der Waals surface area contributed by atoms with E-state index in [-0.39, 0.29) is 6.09 Å². The maximum Gasteiger partial charge on any atom is 0.415 e. The highest BCUT2D eigenvalue weighted by Crippen LogP contribution is 2.05. The molecule has 0 radical (unpaired) electrons. The van der Waals surface area contributed by atoms with Crippen LogP contribution in [0.1, 0.15) is 0 Å². The molecule has 6 heteroatoms. The Morgan fingerprint density at radius 3 is 2.93 bits per heavy atom. The van der Waals surface area contributed by atoms with Crippen LogP contribution in [0.3, 0.4) is 0 Å². The van der Waals surface area contributed by atoms with Gasteiger partial charge in [-0.3, -0.25) is 5.32 Å². The van der Waals surface area contributed by atoms with E-state index in [1.807, 2.05) is 0 Å². The number of rotatable bonds is 1. The van der Waals surface area contributed by atoms with Gasteiger partial charge in [0.1, 0.15) is 5.76 Å². The van der Waals surface area contributed by atoms with Crippen molar-refractivity contribution in [2.75, 3.05) is 39.5 Å². The molecule has 0 spiro atoms. The third kappa shape index (κ3) is 2.84. The van der Waals surface area contributed by atoms with Crippen molar-refractivity contribution < 1.29 is 14.3 Å². The van der Waals surface area contributed by atoms with Crippen molar-refractivity contribution in [3.05, 3.63) is 12.0 Å². The number of amides is 1. The predicted molar refractivity (Wildman–Crippen MR) is 53.0 cm³/mol. The summed E-state index contributed by atoms with van der Waals surface area (Å²) in [6, 6.07) is 0. The Morgan fingerprint density at radius 1 is 1.47 bits per heavy atom. The van der Waals surface area contributed by atoms with E-state index in [1.165, 1.54) is 0 Å². The molecule has 0 aromatic rings. The van der Waals surface area contributed by atoms with E-state index in [2.05, 4.69) is 10.6 Å². The number of morpholine rings is 1. The van der Waals surface area contributed by atoms with Crippen LogP contribution in [0.25, 0.3) is 0 Å². The molecule has 1 fully saturated rings. The molecule has 2 N–H and O–H groups in total. The van der Waals surface area contributed by atoms with Gasteiger partial charge in [0.05, 0.1) is 26.4 Å². The SMILES string of the molecule is O=C(OC1=CNCNC1)N1CCOCC1. The minimum absolute atomic E-state index is 0.296. The van der Waals surface area contributed by atoms with Crippen LogP contribution < -0.4 is 10.6 Å². The minimum Gasteiger partial charge on any atom is -0.412 e. The Morgan fingerprint density at radius 2 is 2.27 bits per heavy atom. The summed E-state index contributed by atoms with van der Waals surface area (Å²) in [6.07, 6.45) is 1.42. The standard InChI is InChI=1S/C9H15N3O3/c13-9(12-1-3-14-4-2-12)15-8-5-10-7-11-6-8/h5,10-11H,1-4,6-7H2. The van der Waals surface area contributed by atoms with Crippen molar-refractivity contribution >= 4 is 6.09 Å². The zero-order chi connectivity index (χ0) is 10.5. The number of hydrogen-bond acceptors (Lipinski definition) is 5. The third-order valence-corrected chi connectivity index (χ3v) is 2.28. The van der Waals surface area contributed by atoms with Gasteiger partial charge in [-0.25, -0.2) is 4.79 Å². The van der Waals surface area contributed by atoms with E-state index in [9.17, 15) is 4.79 Å². The lowest BCUT2D eigenvalue weighted by molar-refractivity contribution is 0.0342. The molecular weight excluding hydrogens is 198 g/mol. The fourth-order valence-corrected chi connectivity index (χ4v) is 1.46. The fourth-order valence-electron chi connectivity index (χ4n) is 1.46. The molecule has 2 aliphatic heterocycles.